The molecule has 0 saturated heterocycles. The summed E-state index contributed by atoms with van der Waals surface area (Å²) in [4.78, 5) is 14.0. The second kappa shape index (κ2) is 9.46. The number of benzene rings is 3. The lowest BCUT2D eigenvalue weighted by Gasteiger charge is -2.07. The third kappa shape index (κ3) is 4.81. The number of carbonyl (C=O) groups is 1. The van der Waals surface area contributed by atoms with E-state index in [4.69, 9.17) is 4.79 Å². The Kier molecular flexibility index (Phi) is 6.30. The van der Waals surface area contributed by atoms with Crippen molar-refractivity contribution >= 4 is 34.8 Å². The van der Waals surface area contributed by atoms with E-state index in [0.717, 1.165) is 5.69 Å². The lowest BCUT2D eigenvalue weighted by Crippen LogP contribution is -1.88. The number of nitrogens with one attached hydrogen (secondary N) is 1. The summed E-state index contributed by atoms with van der Waals surface area (Å²) in [6, 6.07) is 28.2. The molecule has 30 heavy (non-hydrogen) atoms. The summed E-state index contributed by atoms with van der Waals surface area (Å²) in [6.45, 7) is 0. The summed E-state index contributed by atoms with van der Waals surface area (Å²) in [6.07, 6.45) is 5.30. The second-order valence-corrected chi connectivity index (χ2v) is 8.09. The number of primary amides is 1. The molecule has 0 aliphatic heterocycles. The van der Waals surface area contributed by atoms with E-state index in [1.807, 2.05) is 30.6 Å². The zero-order chi connectivity index (χ0) is 20.8. The first-order valence-electron chi connectivity index (χ1n) is 9.85. The predicted octanol–water partition coefficient (Wildman–Crippen LogP) is 5.73. The molecule has 1 aliphatic carbocycles. The largest absolute Gasteiger partial charge is 0.372 e. The maximum absolute atomic E-state index is 8.58. The maximum Gasteiger partial charge on any atom is 0.204 e. The number of anilines is 1. The van der Waals surface area contributed by atoms with Gasteiger partial charge in [0.05, 0.1) is 0 Å². The monoisotopic (exact) mass is 413 g/mol. The molecule has 1 aliphatic rings. The fourth-order valence-corrected chi connectivity index (χ4v) is 4.32. The summed E-state index contributed by atoms with van der Waals surface area (Å²) in [5, 5.41) is 2.50. The second-order valence-electron chi connectivity index (χ2n) is 7.21. The lowest BCUT2D eigenvalue weighted by molar-refractivity contribution is -0.106. The minimum atomic E-state index is 0.250. The normalized spacial score (nSPS) is 16.9. The summed E-state index contributed by atoms with van der Waals surface area (Å²) in [5.74, 6) is 1.29. The van der Waals surface area contributed by atoms with E-state index >= 15 is 0 Å². The van der Waals surface area contributed by atoms with Crippen molar-refractivity contribution in [3.8, 4) is 0 Å². The Balaban J connectivity index is 0.000000687. The van der Waals surface area contributed by atoms with E-state index < -0.39 is 0 Å². The molecule has 1 heterocycles. The van der Waals surface area contributed by atoms with Crippen LogP contribution in [0.3, 0.4) is 0 Å². The molecule has 2 atom stereocenters. The average Bonchev–Trinajstić information content (AvgIpc) is 3.60. The van der Waals surface area contributed by atoms with Gasteiger partial charge in [0, 0.05) is 28.4 Å². The van der Waals surface area contributed by atoms with Crippen molar-refractivity contribution in [1.82, 2.24) is 4.98 Å². The molecule has 4 nitrogen and oxygen atoms in total. The van der Waals surface area contributed by atoms with Crippen molar-refractivity contribution in [2.24, 2.45) is 5.73 Å². The number of fused-ring (bicyclic) bond motifs is 1. The molecule has 3 N–H and O–H groups in total. The molecule has 150 valence electrons. The Bertz CT molecular complexity index is 1120. The van der Waals surface area contributed by atoms with Gasteiger partial charge in [-0.15, -0.1) is 0 Å². The Labute approximate surface area is 180 Å². The van der Waals surface area contributed by atoms with Crippen LogP contribution in [-0.4, -0.2) is 11.4 Å². The van der Waals surface area contributed by atoms with E-state index in [1.165, 1.54) is 33.2 Å². The van der Waals surface area contributed by atoms with Crippen molar-refractivity contribution in [3.05, 3.63) is 102 Å². The highest BCUT2D eigenvalue weighted by molar-refractivity contribution is 8.00. The van der Waals surface area contributed by atoms with Gasteiger partial charge in [0.1, 0.15) is 0 Å². The highest BCUT2D eigenvalue weighted by atomic mass is 32.2. The number of para-hydroxylation sites is 1. The minimum absolute atomic E-state index is 0.250. The van der Waals surface area contributed by atoms with Crippen molar-refractivity contribution in [2.45, 2.75) is 23.2 Å². The number of amides is 1. The van der Waals surface area contributed by atoms with Gasteiger partial charge in [-0.3, -0.25) is 9.78 Å². The van der Waals surface area contributed by atoms with Crippen LogP contribution in [0.1, 0.15) is 29.4 Å². The molecule has 1 amide bonds. The first-order chi connectivity index (χ1) is 14.8. The number of hydrogen-bond donors (Lipinski definition) is 2. The molecule has 5 heteroatoms. The Hall–Kier alpha value is -3.31. The summed E-state index contributed by atoms with van der Waals surface area (Å²) < 4.78 is 3.39. The first kappa shape index (κ1) is 20.0. The van der Waals surface area contributed by atoms with Crippen molar-refractivity contribution < 1.29 is 4.79 Å². The maximum atomic E-state index is 8.58. The van der Waals surface area contributed by atoms with Gasteiger partial charge in [-0.2, -0.15) is 0 Å². The van der Waals surface area contributed by atoms with Crippen LogP contribution < -0.4 is 10.5 Å². The first-order valence-corrected chi connectivity index (χ1v) is 10.7. The van der Waals surface area contributed by atoms with Gasteiger partial charge in [-0.25, -0.2) is 0 Å². The zero-order valence-electron chi connectivity index (χ0n) is 16.4. The number of pyridine rings is 1. The molecule has 0 radical (unpaired) electrons. The van der Waals surface area contributed by atoms with Crippen molar-refractivity contribution in [1.29, 1.82) is 0 Å². The van der Waals surface area contributed by atoms with E-state index in [1.54, 1.807) is 11.9 Å². The fourth-order valence-electron chi connectivity index (χ4n) is 3.67. The summed E-state index contributed by atoms with van der Waals surface area (Å²) in [7, 11) is 0. The molecule has 3 aromatic carbocycles. The molecule has 4 aromatic rings. The number of aromatic nitrogens is 1. The van der Waals surface area contributed by atoms with Crippen LogP contribution in [0.25, 0.3) is 10.8 Å². The molecule has 0 spiro atoms. The van der Waals surface area contributed by atoms with E-state index in [0.29, 0.717) is 11.8 Å². The summed E-state index contributed by atoms with van der Waals surface area (Å²) >= 11 is 1.66. The van der Waals surface area contributed by atoms with Gasteiger partial charge >= 0.3 is 0 Å². The van der Waals surface area contributed by atoms with E-state index in [9.17, 15) is 0 Å². The zero-order valence-corrected chi connectivity index (χ0v) is 17.3. The number of rotatable bonds is 5. The SMILES string of the molecule is NC=O.c1ccc(NSc2ccc([C@@H]3CC3c3ccc4cnccc4c3)cc2)cc1. The molecule has 1 unspecified atom stereocenters. The van der Waals surface area contributed by atoms with Crippen LogP contribution in [-0.2, 0) is 4.79 Å². The third-order valence-electron chi connectivity index (χ3n) is 5.25. The van der Waals surface area contributed by atoms with Crippen LogP contribution in [0.4, 0.5) is 5.69 Å². The quantitative estimate of drug-likeness (QED) is 0.324. The Morgan fingerprint density at radius 2 is 1.60 bits per heavy atom. The molecule has 1 aromatic heterocycles. The predicted molar refractivity (Wildman–Crippen MR) is 124 cm³/mol. The highest BCUT2D eigenvalue weighted by Gasteiger charge is 2.39. The van der Waals surface area contributed by atoms with Crippen molar-refractivity contribution in [3.63, 3.8) is 0 Å². The topological polar surface area (TPSA) is 68.0 Å². The van der Waals surface area contributed by atoms with Crippen LogP contribution in [0.15, 0.2) is 96.2 Å². The molecule has 1 fully saturated rings. The standard InChI is InChI=1S/C24H20N2S.CH3NO/c1-2-4-21(5-3-1)26-27-22-10-8-17(9-11-22)23-15-24(23)19-6-7-20-16-25-13-12-18(20)14-19;2-1-3/h1-14,16,23-24,26H,15H2;1H,(H2,2,3)/t23-,24?;/m0./s1. The average molecular weight is 414 g/mol. The van der Waals surface area contributed by atoms with Gasteiger partial charge in [-0.05, 0) is 77.0 Å². The number of nitrogens with two attached hydrogens (primary N) is 1. The van der Waals surface area contributed by atoms with Crippen LogP contribution in [0.2, 0.25) is 0 Å². The van der Waals surface area contributed by atoms with Gasteiger partial charge in [0.15, 0.2) is 0 Å². The molecule has 1 saturated carbocycles. The van der Waals surface area contributed by atoms with Gasteiger partial charge in [-0.1, -0.05) is 48.5 Å². The fraction of sp³-hybridized carbons (Fsp3) is 0.120. The molecular formula is C25H23N3OS. The third-order valence-corrected chi connectivity index (χ3v) is 6.10. The number of carbonyl (C=O) groups excluding carboxylic acids is 1. The Morgan fingerprint density at radius 1 is 0.900 bits per heavy atom. The van der Waals surface area contributed by atoms with Crippen molar-refractivity contribution in [2.75, 3.05) is 4.72 Å². The van der Waals surface area contributed by atoms with Crippen LogP contribution in [0.5, 0.6) is 0 Å². The van der Waals surface area contributed by atoms with Gasteiger partial charge in [0.25, 0.3) is 0 Å². The number of hydrogen-bond acceptors (Lipinski definition) is 4. The molecule has 0 bridgehead atoms. The lowest BCUT2D eigenvalue weighted by atomic mass is 10.0. The smallest absolute Gasteiger partial charge is 0.204 e. The molecular weight excluding hydrogens is 390 g/mol. The summed E-state index contributed by atoms with van der Waals surface area (Å²) in [5.41, 5.74) is 8.18. The van der Waals surface area contributed by atoms with Crippen LogP contribution in [0, 0.1) is 0 Å². The van der Waals surface area contributed by atoms with Gasteiger partial charge < -0.3 is 10.5 Å². The minimum Gasteiger partial charge on any atom is -0.372 e. The number of nitrogens with zero attached hydrogens (tertiary/aromatic N) is 1. The Morgan fingerprint density at radius 3 is 2.37 bits per heavy atom. The molecule has 5 rings (SSSR count). The highest BCUT2D eigenvalue weighted by Crippen LogP contribution is 2.55. The van der Waals surface area contributed by atoms with E-state index in [-0.39, 0.29) is 6.41 Å². The van der Waals surface area contributed by atoms with Gasteiger partial charge in [0.2, 0.25) is 6.41 Å². The van der Waals surface area contributed by atoms with Crippen LogP contribution >= 0.6 is 11.9 Å². The van der Waals surface area contributed by atoms with E-state index in [2.05, 4.69) is 76.1 Å².